The van der Waals surface area contributed by atoms with Gasteiger partial charge in [0.05, 0.1) is 12.1 Å². The molecule has 1 amide bonds. The van der Waals surface area contributed by atoms with Crippen LogP contribution in [0.25, 0.3) is 5.03 Å². The summed E-state index contributed by atoms with van der Waals surface area (Å²) in [7, 11) is 0. The van der Waals surface area contributed by atoms with Crippen LogP contribution in [0, 0.1) is 17.2 Å². The van der Waals surface area contributed by atoms with Gasteiger partial charge in [0.15, 0.2) is 5.11 Å². The van der Waals surface area contributed by atoms with E-state index in [2.05, 4.69) is 10.6 Å². The topological polar surface area (TPSA) is 64.9 Å². The molecule has 2 unspecified atom stereocenters. The van der Waals surface area contributed by atoms with Crippen molar-refractivity contribution in [3.8, 4) is 6.07 Å². The molecule has 0 radical (unpaired) electrons. The third-order valence-corrected chi connectivity index (χ3v) is 4.52. The van der Waals surface area contributed by atoms with Crippen LogP contribution in [0.4, 0.5) is 0 Å². The van der Waals surface area contributed by atoms with Crippen molar-refractivity contribution in [2.45, 2.75) is 18.9 Å². The van der Waals surface area contributed by atoms with Crippen LogP contribution in [-0.4, -0.2) is 17.1 Å². The average Bonchev–Trinajstić information content (AvgIpc) is 2.47. The molecule has 1 fully saturated rings. The molecule has 0 spiro atoms. The molecule has 1 aliphatic carbocycles. The van der Waals surface area contributed by atoms with E-state index in [1.54, 1.807) is 0 Å². The summed E-state index contributed by atoms with van der Waals surface area (Å²) >= 11 is 11.5. The fourth-order valence-electron chi connectivity index (χ4n) is 2.82. The SMILES string of the molecule is N#CC1C(=O)NC(=S)NC1C1=C(Cl)c2ccccc2CC1. The maximum Gasteiger partial charge on any atom is 0.245 e. The molecule has 1 aliphatic heterocycles. The second-order valence-electron chi connectivity index (χ2n) is 5.04. The molecule has 1 aromatic carbocycles. The lowest BCUT2D eigenvalue weighted by Gasteiger charge is -2.33. The lowest BCUT2D eigenvalue weighted by Crippen LogP contribution is -2.58. The van der Waals surface area contributed by atoms with Crippen molar-refractivity contribution in [2.75, 3.05) is 0 Å². The van der Waals surface area contributed by atoms with Crippen molar-refractivity contribution in [2.24, 2.45) is 5.92 Å². The highest BCUT2D eigenvalue weighted by Gasteiger charge is 2.38. The molecule has 21 heavy (non-hydrogen) atoms. The smallest absolute Gasteiger partial charge is 0.245 e. The van der Waals surface area contributed by atoms with E-state index in [1.807, 2.05) is 30.3 Å². The number of nitriles is 1. The second-order valence-corrected chi connectivity index (χ2v) is 5.83. The van der Waals surface area contributed by atoms with E-state index < -0.39 is 12.0 Å². The largest absolute Gasteiger partial charge is 0.354 e. The Morgan fingerprint density at radius 1 is 1.33 bits per heavy atom. The molecule has 106 valence electrons. The average molecular weight is 318 g/mol. The Hall–Kier alpha value is -1.90. The van der Waals surface area contributed by atoms with E-state index in [4.69, 9.17) is 23.8 Å². The zero-order valence-electron chi connectivity index (χ0n) is 11.0. The molecule has 0 saturated carbocycles. The fraction of sp³-hybridized carbons (Fsp3) is 0.267. The van der Waals surface area contributed by atoms with Gasteiger partial charge in [-0.15, -0.1) is 0 Å². The number of aryl methyl sites for hydroxylation is 1. The van der Waals surface area contributed by atoms with Gasteiger partial charge >= 0.3 is 0 Å². The quantitative estimate of drug-likeness (QED) is 0.779. The minimum atomic E-state index is -0.828. The molecule has 1 heterocycles. The molecule has 2 N–H and O–H groups in total. The number of nitrogens with one attached hydrogen (secondary N) is 2. The number of hydrogen-bond acceptors (Lipinski definition) is 3. The first kappa shape index (κ1) is 14.1. The maximum absolute atomic E-state index is 11.9. The van der Waals surface area contributed by atoms with Crippen molar-refractivity contribution >= 4 is 39.9 Å². The van der Waals surface area contributed by atoms with Gasteiger partial charge in [-0.05, 0) is 41.8 Å². The van der Waals surface area contributed by atoms with Crippen LogP contribution in [0.2, 0.25) is 0 Å². The zero-order valence-corrected chi connectivity index (χ0v) is 12.6. The standard InChI is InChI=1S/C15H12ClN3OS/c16-12-9-4-2-1-3-8(9)5-6-10(12)13-11(7-17)14(20)19-15(21)18-13/h1-4,11,13H,5-6H2,(H2,18,19,20,21). The van der Waals surface area contributed by atoms with Crippen molar-refractivity contribution in [1.29, 1.82) is 5.26 Å². The van der Waals surface area contributed by atoms with E-state index in [-0.39, 0.29) is 11.0 Å². The number of carbonyl (C=O) groups excluding carboxylic acids is 1. The Bertz CT molecular complexity index is 707. The van der Waals surface area contributed by atoms with Crippen LogP contribution >= 0.6 is 23.8 Å². The number of benzene rings is 1. The summed E-state index contributed by atoms with van der Waals surface area (Å²) in [6.07, 6.45) is 1.55. The fourth-order valence-corrected chi connectivity index (χ4v) is 3.44. The maximum atomic E-state index is 11.9. The van der Waals surface area contributed by atoms with Gasteiger partial charge in [-0.3, -0.25) is 4.79 Å². The number of halogens is 1. The first-order chi connectivity index (χ1) is 10.1. The van der Waals surface area contributed by atoms with Crippen LogP contribution in [0.3, 0.4) is 0 Å². The van der Waals surface area contributed by atoms with Crippen LogP contribution in [-0.2, 0) is 11.2 Å². The number of amides is 1. The Labute approximate surface area is 132 Å². The van der Waals surface area contributed by atoms with E-state index in [0.29, 0.717) is 11.5 Å². The van der Waals surface area contributed by atoms with E-state index in [9.17, 15) is 10.1 Å². The number of thiocarbonyl (C=S) groups is 1. The predicted octanol–water partition coefficient (Wildman–Crippen LogP) is 2.10. The summed E-state index contributed by atoms with van der Waals surface area (Å²) in [6.45, 7) is 0. The summed E-state index contributed by atoms with van der Waals surface area (Å²) in [5.74, 6) is -1.20. The summed E-state index contributed by atoms with van der Waals surface area (Å²) in [5, 5.41) is 15.6. The summed E-state index contributed by atoms with van der Waals surface area (Å²) in [6, 6.07) is 9.49. The highest BCUT2D eigenvalue weighted by Crippen LogP contribution is 2.37. The molecule has 6 heteroatoms. The Morgan fingerprint density at radius 3 is 2.86 bits per heavy atom. The number of rotatable bonds is 1. The van der Waals surface area contributed by atoms with Crippen LogP contribution < -0.4 is 10.6 Å². The van der Waals surface area contributed by atoms with Crippen molar-refractivity contribution in [3.63, 3.8) is 0 Å². The van der Waals surface area contributed by atoms with Gasteiger partial charge in [-0.2, -0.15) is 5.26 Å². The van der Waals surface area contributed by atoms with E-state index in [1.165, 1.54) is 5.56 Å². The Balaban J connectivity index is 2.05. The minimum Gasteiger partial charge on any atom is -0.354 e. The van der Waals surface area contributed by atoms with Gasteiger partial charge < -0.3 is 10.6 Å². The third kappa shape index (κ3) is 2.41. The number of fused-ring (bicyclic) bond motifs is 1. The Kier molecular flexibility index (Phi) is 3.66. The molecule has 1 aromatic rings. The highest BCUT2D eigenvalue weighted by atomic mass is 35.5. The Morgan fingerprint density at radius 2 is 2.10 bits per heavy atom. The van der Waals surface area contributed by atoms with Crippen molar-refractivity contribution in [3.05, 3.63) is 41.0 Å². The van der Waals surface area contributed by atoms with Crippen LogP contribution in [0.15, 0.2) is 29.8 Å². The normalized spacial score (nSPS) is 24.8. The van der Waals surface area contributed by atoms with Crippen LogP contribution in [0.1, 0.15) is 17.5 Å². The van der Waals surface area contributed by atoms with E-state index >= 15 is 0 Å². The molecule has 4 nitrogen and oxygen atoms in total. The van der Waals surface area contributed by atoms with Crippen LogP contribution in [0.5, 0.6) is 0 Å². The minimum absolute atomic E-state index is 0.243. The predicted molar refractivity (Wildman–Crippen MR) is 84.3 cm³/mol. The molecule has 1 saturated heterocycles. The number of nitrogens with zero attached hydrogens (tertiary/aromatic N) is 1. The van der Waals surface area contributed by atoms with Gasteiger partial charge in [-0.25, -0.2) is 0 Å². The van der Waals surface area contributed by atoms with Crippen molar-refractivity contribution < 1.29 is 4.79 Å². The molecular formula is C15H12ClN3OS. The molecule has 2 aliphatic rings. The first-order valence-corrected chi connectivity index (χ1v) is 7.38. The number of hydrogen-bond donors (Lipinski definition) is 2. The van der Waals surface area contributed by atoms with Gasteiger partial charge in [0.1, 0.15) is 5.92 Å². The summed E-state index contributed by atoms with van der Waals surface area (Å²) in [5.41, 5.74) is 3.03. The molecular weight excluding hydrogens is 306 g/mol. The molecule has 0 aromatic heterocycles. The van der Waals surface area contributed by atoms with Gasteiger partial charge in [0.25, 0.3) is 0 Å². The van der Waals surface area contributed by atoms with Gasteiger partial charge in [0, 0.05) is 5.03 Å². The summed E-state index contributed by atoms with van der Waals surface area (Å²) in [4.78, 5) is 11.9. The molecule has 3 rings (SSSR count). The van der Waals surface area contributed by atoms with Crippen molar-refractivity contribution in [1.82, 2.24) is 10.6 Å². The van der Waals surface area contributed by atoms with Gasteiger partial charge in [-0.1, -0.05) is 35.9 Å². The number of carbonyl (C=O) groups is 1. The highest BCUT2D eigenvalue weighted by molar-refractivity contribution is 7.80. The second kappa shape index (κ2) is 5.47. The monoisotopic (exact) mass is 317 g/mol. The first-order valence-electron chi connectivity index (χ1n) is 6.59. The zero-order chi connectivity index (χ0) is 15.0. The van der Waals surface area contributed by atoms with Gasteiger partial charge in [0.2, 0.25) is 5.91 Å². The lowest BCUT2D eigenvalue weighted by atomic mass is 9.83. The third-order valence-electron chi connectivity index (χ3n) is 3.85. The lowest BCUT2D eigenvalue weighted by molar-refractivity contribution is -0.123. The molecule has 0 bridgehead atoms. The van der Waals surface area contributed by atoms with E-state index in [0.717, 1.165) is 17.6 Å². The molecule has 2 atom stereocenters. The summed E-state index contributed by atoms with van der Waals surface area (Å²) < 4.78 is 0.